The molecule has 1 heterocycles. The molecule has 0 amide bonds. The third-order valence-corrected chi connectivity index (χ3v) is 4.40. The second-order valence-electron chi connectivity index (χ2n) is 4.00. The Balaban J connectivity index is 2.40. The first-order valence-corrected chi connectivity index (χ1v) is 7.38. The lowest BCUT2D eigenvalue weighted by Gasteiger charge is -2.08. The van der Waals surface area contributed by atoms with E-state index < -0.39 is 0 Å². The lowest BCUT2D eigenvalue weighted by molar-refractivity contribution is 1.07. The Labute approximate surface area is 133 Å². The number of aromatic nitrogens is 2. The highest BCUT2D eigenvalue weighted by Gasteiger charge is 2.11. The van der Waals surface area contributed by atoms with Gasteiger partial charge in [0.25, 0.3) is 0 Å². The van der Waals surface area contributed by atoms with Gasteiger partial charge in [0.1, 0.15) is 0 Å². The van der Waals surface area contributed by atoms with E-state index in [0.717, 1.165) is 21.2 Å². The molecule has 0 bridgehead atoms. The SMILES string of the molecule is S=c1[nH]c2cc(Br)ccc2n1-c1cccc(Cl)c1Cl. The van der Waals surface area contributed by atoms with Crippen molar-refractivity contribution in [3.63, 3.8) is 0 Å². The summed E-state index contributed by atoms with van der Waals surface area (Å²) in [6.45, 7) is 0. The summed E-state index contributed by atoms with van der Waals surface area (Å²) in [4.78, 5) is 3.16. The third kappa shape index (κ3) is 2.23. The fraction of sp³-hybridized carbons (Fsp3) is 0. The maximum atomic E-state index is 6.27. The van der Waals surface area contributed by atoms with E-state index in [1.165, 1.54) is 0 Å². The predicted molar refractivity (Wildman–Crippen MR) is 86.2 cm³/mol. The maximum Gasteiger partial charge on any atom is 0.182 e. The van der Waals surface area contributed by atoms with Gasteiger partial charge in [-0.05, 0) is 42.5 Å². The quantitative estimate of drug-likeness (QED) is 0.538. The fourth-order valence-electron chi connectivity index (χ4n) is 1.99. The summed E-state index contributed by atoms with van der Waals surface area (Å²) in [5.74, 6) is 0. The van der Waals surface area contributed by atoms with E-state index in [-0.39, 0.29) is 0 Å². The van der Waals surface area contributed by atoms with Crippen LogP contribution in [-0.4, -0.2) is 9.55 Å². The fourth-order valence-corrected chi connectivity index (χ4v) is 3.04. The van der Waals surface area contributed by atoms with Crippen LogP contribution in [0.15, 0.2) is 40.9 Å². The van der Waals surface area contributed by atoms with Gasteiger partial charge in [-0.2, -0.15) is 0 Å². The summed E-state index contributed by atoms with van der Waals surface area (Å²) < 4.78 is 3.45. The molecule has 0 fully saturated rings. The van der Waals surface area contributed by atoms with Gasteiger partial charge < -0.3 is 4.98 Å². The normalized spacial score (nSPS) is 11.1. The molecule has 1 aromatic heterocycles. The minimum absolute atomic E-state index is 0.490. The Bertz CT molecular complexity index is 838. The van der Waals surface area contributed by atoms with Crippen LogP contribution in [-0.2, 0) is 0 Å². The van der Waals surface area contributed by atoms with Gasteiger partial charge in [0, 0.05) is 4.47 Å². The third-order valence-electron chi connectivity index (χ3n) is 2.82. The molecule has 1 N–H and O–H groups in total. The zero-order chi connectivity index (χ0) is 13.6. The zero-order valence-corrected chi connectivity index (χ0v) is 13.4. The zero-order valence-electron chi connectivity index (χ0n) is 9.45. The number of halogens is 3. The minimum atomic E-state index is 0.490. The molecule has 3 rings (SSSR count). The van der Waals surface area contributed by atoms with Crippen molar-refractivity contribution in [2.75, 3.05) is 0 Å². The van der Waals surface area contributed by atoms with E-state index in [4.69, 9.17) is 35.4 Å². The number of rotatable bonds is 1. The van der Waals surface area contributed by atoms with Crippen molar-refractivity contribution in [3.8, 4) is 5.69 Å². The van der Waals surface area contributed by atoms with Crippen LogP contribution in [0.25, 0.3) is 16.7 Å². The molecule has 0 radical (unpaired) electrons. The molecule has 2 nitrogen and oxygen atoms in total. The Hall–Kier alpha value is -0.810. The molecular formula is C13H7BrCl2N2S. The average molecular weight is 374 g/mol. The van der Waals surface area contributed by atoms with E-state index >= 15 is 0 Å². The molecule has 0 spiro atoms. The number of benzene rings is 2. The van der Waals surface area contributed by atoms with Crippen LogP contribution in [0.2, 0.25) is 10.0 Å². The lowest BCUT2D eigenvalue weighted by atomic mass is 10.3. The second kappa shape index (κ2) is 4.94. The van der Waals surface area contributed by atoms with Gasteiger partial charge in [-0.25, -0.2) is 0 Å². The first-order chi connectivity index (χ1) is 9.08. The molecule has 0 aliphatic rings. The molecular weight excluding hydrogens is 367 g/mol. The largest absolute Gasteiger partial charge is 0.330 e. The molecule has 6 heteroatoms. The number of nitrogens with one attached hydrogen (secondary N) is 1. The van der Waals surface area contributed by atoms with E-state index in [1.54, 1.807) is 6.07 Å². The predicted octanol–water partition coefficient (Wildman–Crippen LogP) is 5.76. The van der Waals surface area contributed by atoms with Crippen molar-refractivity contribution in [1.82, 2.24) is 9.55 Å². The van der Waals surface area contributed by atoms with E-state index in [1.807, 2.05) is 34.9 Å². The number of aromatic amines is 1. The van der Waals surface area contributed by atoms with Crippen LogP contribution in [0.4, 0.5) is 0 Å². The van der Waals surface area contributed by atoms with Crippen LogP contribution in [0.5, 0.6) is 0 Å². The molecule has 0 unspecified atom stereocenters. The highest BCUT2D eigenvalue weighted by atomic mass is 79.9. The molecule has 3 aromatic rings. The van der Waals surface area contributed by atoms with E-state index in [0.29, 0.717) is 14.8 Å². The molecule has 0 aliphatic heterocycles. The van der Waals surface area contributed by atoms with E-state index in [2.05, 4.69) is 20.9 Å². The van der Waals surface area contributed by atoms with Crippen LogP contribution < -0.4 is 0 Å². The summed E-state index contributed by atoms with van der Waals surface area (Å²) in [5.41, 5.74) is 2.67. The van der Waals surface area contributed by atoms with Gasteiger partial charge >= 0.3 is 0 Å². The van der Waals surface area contributed by atoms with Gasteiger partial charge in [-0.15, -0.1) is 0 Å². The Morgan fingerprint density at radius 1 is 1.16 bits per heavy atom. The Kier molecular flexibility index (Phi) is 3.43. The van der Waals surface area contributed by atoms with Gasteiger partial charge in [-0.3, -0.25) is 4.57 Å². The summed E-state index contributed by atoms with van der Waals surface area (Å²) in [6.07, 6.45) is 0. The molecule has 19 heavy (non-hydrogen) atoms. The number of imidazole rings is 1. The molecule has 2 aromatic carbocycles. The smallest absolute Gasteiger partial charge is 0.182 e. The van der Waals surface area contributed by atoms with Crippen molar-refractivity contribution < 1.29 is 0 Å². The highest BCUT2D eigenvalue weighted by Crippen LogP contribution is 2.31. The summed E-state index contributed by atoms with van der Waals surface area (Å²) in [5, 5.41) is 0.997. The van der Waals surface area contributed by atoms with Crippen LogP contribution >= 0.6 is 51.3 Å². The van der Waals surface area contributed by atoms with Crippen molar-refractivity contribution in [2.24, 2.45) is 0 Å². The summed E-state index contributed by atoms with van der Waals surface area (Å²) in [7, 11) is 0. The van der Waals surface area contributed by atoms with Crippen molar-refractivity contribution >= 4 is 62.4 Å². The summed E-state index contributed by atoms with van der Waals surface area (Å²) in [6, 6.07) is 11.4. The number of fused-ring (bicyclic) bond motifs is 1. The standard InChI is InChI=1S/C13H7BrCl2N2S/c14-7-4-5-10-9(6-7)17-13(19)18(10)11-3-1-2-8(15)12(11)16/h1-6H,(H,17,19). The molecule has 0 saturated heterocycles. The molecule has 96 valence electrons. The number of hydrogen-bond acceptors (Lipinski definition) is 1. The van der Waals surface area contributed by atoms with Crippen LogP contribution in [0.1, 0.15) is 0 Å². The van der Waals surface area contributed by atoms with Gasteiger partial charge in [0.05, 0.1) is 26.8 Å². The van der Waals surface area contributed by atoms with Gasteiger partial charge in [-0.1, -0.05) is 45.2 Å². The van der Waals surface area contributed by atoms with Gasteiger partial charge in [0.15, 0.2) is 4.77 Å². The molecule has 0 saturated carbocycles. The van der Waals surface area contributed by atoms with Gasteiger partial charge in [0.2, 0.25) is 0 Å². The van der Waals surface area contributed by atoms with Crippen LogP contribution in [0.3, 0.4) is 0 Å². The first-order valence-electron chi connectivity index (χ1n) is 5.42. The Morgan fingerprint density at radius 2 is 1.95 bits per heavy atom. The number of nitrogens with zero attached hydrogens (tertiary/aromatic N) is 1. The van der Waals surface area contributed by atoms with Crippen molar-refractivity contribution in [2.45, 2.75) is 0 Å². The monoisotopic (exact) mass is 372 g/mol. The topological polar surface area (TPSA) is 20.7 Å². The van der Waals surface area contributed by atoms with Crippen molar-refractivity contribution in [3.05, 3.63) is 55.7 Å². The Morgan fingerprint density at radius 3 is 2.74 bits per heavy atom. The second-order valence-corrected chi connectivity index (χ2v) is 6.09. The van der Waals surface area contributed by atoms with Crippen LogP contribution in [0, 0.1) is 4.77 Å². The minimum Gasteiger partial charge on any atom is -0.330 e. The highest BCUT2D eigenvalue weighted by molar-refractivity contribution is 9.10. The molecule has 0 atom stereocenters. The number of hydrogen-bond donors (Lipinski definition) is 1. The summed E-state index contributed by atoms with van der Waals surface area (Å²) >= 11 is 21.1. The van der Waals surface area contributed by atoms with E-state index in [9.17, 15) is 0 Å². The molecule has 0 aliphatic carbocycles. The number of H-pyrrole nitrogens is 1. The maximum absolute atomic E-state index is 6.27. The van der Waals surface area contributed by atoms with Crippen molar-refractivity contribution in [1.29, 1.82) is 0 Å². The lowest BCUT2D eigenvalue weighted by Crippen LogP contribution is -1.95. The first kappa shape index (κ1) is 13.2. The average Bonchev–Trinajstić information content (AvgIpc) is 2.68.